The molecule has 0 bridgehead atoms. The smallest absolute Gasteiger partial charge is 0.255 e. The van der Waals surface area contributed by atoms with Gasteiger partial charge in [-0.15, -0.1) is 0 Å². The maximum absolute atomic E-state index is 12.1. The van der Waals surface area contributed by atoms with Gasteiger partial charge in [-0.2, -0.15) is 0 Å². The molecule has 1 aromatic carbocycles. The molecule has 100 valence electrons. The Kier molecular flexibility index (Phi) is 4.71. The van der Waals surface area contributed by atoms with Crippen LogP contribution in [-0.2, 0) is 6.54 Å². The summed E-state index contributed by atoms with van der Waals surface area (Å²) in [5, 5.41) is 3.36. The highest BCUT2D eigenvalue weighted by Gasteiger charge is 2.14. The fourth-order valence-corrected chi connectivity index (χ4v) is 2.22. The number of aromatic nitrogens is 1. The first-order valence-electron chi connectivity index (χ1n) is 5.54. The van der Waals surface area contributed by atoms with Gasteiger partial charge in [0.1, 0.15) is 5.75 Å². The van der Waals surface area contributed by atoms with Gasteiger partial charge in [0.2, 0.25) is 0 Å². The number of halogens is 2. The Morgan fingerprint density at radius 1 is 1.53 bits per heavy atom. The molecule has 4 nitrogen and oxygen atoms in total. The topological polar surface area (TPSA) is 54.1 Å². The summed E-state index contributed by atoms with van der Waals surface area (Å²) >= 11 is 8.13. The van der Waals surface area contributed by atoms with E-state index >= 15 is 0 Å². The highest BCUT2D eigenvalue weighted by molar-refractivity contribution is 14.1. The van der Waals surface area contributed by atoms with E-state index < -0.39 is 0 Å². The summed E-state index contributed by atoms with van der Waals surface area (Å²) in [6, 6.07) is 5.27. The number of rotatable bonds is 4. The Labute approximate surface area is 129 Å². The monoisotopic (exact) mass is 390 g/mol. The van der Waals surface area contributed by atoms with Crippen molar-refractivity contribution in [1.82, 2.24) is 10.3 Å². The zero-order chi connectivity index (χ0) is 13.8. The molecular formula is C13H12ClIN2O2. The fourth-order valence-electron chi connectivity index (χ4n) is 1.62. The van der Waals surface area contributed by atoms with Gasteiger partial charge in [-0.3, -0.25) is 4.79 Å². The molecule has 0 fully saturated rings. The second-order valence-electron chi connectivity index (χ2n) is 3.87. The van der Waals surface area contributed by atoms with Crippen LogP contribution in [0.1, 0.15) is 15.9 Å². The first kappa shape index (κ1) is 14.2. The van der Waals surface area contributed by atoms with E-state index in [1.807, 2.05) is 18.5 Å². The van der Waals surface area contributed by atoms with Crippen molar-refractivity contribution in [2.45, 2.75) is 6.54 Å². The maximum atomic E-state index is 12.1. The molecule has 0 aliphatic heterocycles. The molecule has 0 saturated carbocycles. The summed E-state index contributed by atoms with van der Waals surface area (Å²) in [6.45, 7) is 0.453. The standard InChI is InChI=1S/C13H12ClIN2O2/c1-19-12-5-11(15)10(14)4-9(12)13(18)17-7-8-2-3-16-6-8/h2-6,16H,7H2,1H3,(H,17,18). The Morgan fingerprint density at radius 2 is 2.32 bits per heavy atom. The molecule has 1 amide bonds. The number of aromatic amines is 1. The summed E-state index contributed by atoms with van der Waals surface area (Å²) < 4.78 is 6.05. The van der Waals surface area contributed by atoms with E-state index in [2.05, 4.69) is 32.9 Å². The highest BCUT2D eigenvalue weighted by atomic mass is 127. The van der Waals surface area contributed by atoms with E-state index in [4.69, 9.17) is 16.3 Å². The lowest BCUT2D eigenvalue weighted by Gasteiger charge is -2.10. The van der Waals surface area contributed by atoms with Gasteiger partial charge in [0.15, 0.2) is 0 Å². The Balaban J connectivity index is 2.16. The van der Waals surface area contributed by atoms with Gasteiger partial charge in [-0.25, -0.2) is 0 Å². The molecule has 0 radical (unpaired) electrons. The first-order valence-corrected chi connectivity index (χ1v) is 7.00. The lowest BCUT2D eigenvalue weighted by Crippen LogP contribution is -2.23. The predicted octanol–water partition coefficient (Wildman–Crippen LogP) is 3.21. The Morgan fingerprint density at radius 3 is 2.95 bits per heavy atom. The van der Waals surface area contributed by atoms with Gasteiger partial charge in [0, 0.05) is 22.5 Å². The molecule has 0 atom stereocenters. The lowest BCUT2D eigenvalue weighted by atomic mass is 10.2. The summed E-state index contributed by atoms with van der Waals surface area (Å²) in [6.07, 6.45) is 3.64. The molecule has 0 unspecified atom stereocenters. The van der Waals surface area contributed by atoms with Crippen LogP contribution in [0.5, 0.6) is 5.75 Å². The minimum absolute atomic E-state index is 0.212. The second kappa shape index (κ2) is 6.29. The van der Waals surface area contributed by atoms with Crippen LogP contribution in [0.2, 0.25) is 5.02 Å². The highest BCUT2D eigenvalue weighted by Crippen LogP contribution is 2.28. The van der Waals surface area contributed by atoms with Gasteiger partial charge in [0.25, 0.3) is 5.91 Å². The van der Waals surface area contributed by atoms with E-state index in [-0.39, 0.29) is 5.91 Å². The quantitative estimate of drug-likeness (QED) is 0.788. The van der Waals surface area contributed by atoms with Crippen LogP contribution < -0.4 is 10.1 Å². The first-order chi connectivity index (χ1) is 9.11. The summed E-state index contributed by atoms with van der Waals surface area (Å²) in [5.74, 6) is 0.303. The van der Waals surface area contributed by atoms with Crippen molar-refractivity contribution in [2.24, 2.45) is 0 Å². The third-order valence-corrected chi connectivity index (χ3v) is 4.13. The largest absolute Gasteiger partial charge is 0.496 e. The van der Waals surface area contributed by atoms with Crippen LogP contribution in [0.25, 0.3) is 0 Å². The van der Waals surface area contributed by atoms with E-state index in [1.54, 1.807) is 12.1 Å². The van der Waals surface area contributed by atoms with Crippen molar-refractivity contribution in [3.63, 3.8) is 0 Å². The average Bonchev–Trinajstić information content (AvgIpc) is 2.91. The van der Waals surface area contributed by atoms with Gasteiger partial charge in [0.05, 0.1) is 17.7 Å². The van der Waals surface area contributed by atoms with Crippen LogP contribution in [0, 0.1) is 3.57 Å². The Bertz CT molecular complexity index is 585. The molecule has 19 heavy (non-hydrogen) atoms. The maximum Gasteiger partial charge on any atom is 0.255 e. The van der Waals surface area contributed by atoms with Crippen LogP contribution in [0.4, 0.5) is 0 Å². The average molecular weight is 391 g/mol. The molecule has 2 aromatic rings. The number of nitrogens with one attached hydrogen (secondary N) is 2. The zero-order valence-electron chi connectivity index (χ0n) is 10.2. The predicted molar refractivity (Wildman–Crippen MR) is 82.7 cm³/mol. The minimum Gasteiger partial charge on any atom is -0.496 e. The van der Waals surface area contributed by atoms with E-state index in [0.717, 1.165) is 9.13 Å². The number of carbonyl (C=O) groups excluding carboxylic acids is 1. The number of carbonyl (C=O) groups is 1. The third-order valence-electron chi connectivity index (χ3n) is 2.60. The number of ether oxygens (including phenoxy) is 1. The van der Waals surface area contributed by atoms with Gasteiger partial charge in [-0.05, 0) is 46.4 Å². The van der Waals surface area contributed by atoms with Gasteiger partial charge in [-0.1, -0.05) is 11.6 Å². The van der Waals surface area contributed by atoms with Crippen molar-refractivity contribution >= 4 is 40.1 Å². The van der Waals surface area contributed by atoms with E-state index in [0.29, 0.717) is 22.9 Å². The lowest BCUT2D eigenvalue weighted by molar-refractivity contribution is 0.0948. The number of hydrogen-bond acceptors (Lipinski definition) is 2. The molecule has 0 aliphatic carbocycles. The van der Waals surface area contributed by atoms with Gasteiger partial charge < -0.3 is 15.0 Å². The molecular weight excluding hydrogens is 379 g/mol. The third kappa shape index (κ3) is 3.42. The molecule has 0 saturated heterocycles. The van der Waals surface area contributed by atoms with Crippen molar-refractivity contribution in [1.29, 1.82) is 0 Å². The molecule has 2 rings (SSSR count). The van der Waals surface area contributed by atoms with Crippen molar-refractivity contribution < 1.29 is 9.53 Å². The Hall–Kier alpha value is -1.21. The normalized spacial score (nSPS) is 10.3. The van der Waals surface area contributed by atoms with Crippen molar-refractivity contribution in [3.05, 3.63) is 50.3 Å². The number of hydrogen-bond donors (Lipinski definition) is 2. The number of H-pyrrole nitrogens is 1. The van der Waals surface area contributed by atoms with Crippen molar-refractivity contribution in [2.75, 3.05) is 7.11 Å². The number of methoxy groups -OCH3 is 1. The van der Waals surface area contributed by atoms with E-state index in [1.165, 1.54) is 7.11 Å². The zero-order valence-corrected chi connectivity index (χ0v) is 13.1. The molecule has 1 heterocycles. The molecule has 1 aromatic heterocycles. The summed E-state index contributed by atoms with van der Waals surface area (Å²) in [7, 11) is 1.53. The van der Waals surface area contributed by atoms with Crippen LogP contribution >= 0.6 is 34.2 Å². The number of benzene rings is 1. The fraction of sp³-hybridized carbons (Fsp3) is 0.154. The molecule has 6 heteroatoms. The SMILES string of the molecule is COc1cc(I)c(Cl)cc1C(=O)NCc1cc[nH]c1. The van der Waals surface area contributed by atoms with Crippen LogP contribution in [0.15, 0.2) is 30.6 Å². The van der Waals surface area contributed by atoms with Crippen molar-refractivity contribution in [3.8, 4) is 5.75 Å². The van der Waals surface area contributed by atoms with Crippen LogP contribution in [-0.4, -0.2) is 18.0 Å². The second-order valence-corrected chi connectivity index (χ2v) is 5.44. The summed E-state index contributed by atoms with van der Waals surface area (Å²) in [4.78, 5) is 15.1. The molecule has 0 aliphatic rings. The molecule has 2 N–H and O–H groups in total. The van der Waals surface area contributed by atoms with E-state index in [9.17, 15) is 4.79 Å². The number of amides is 1. The van der Waals surface area contributed by atoms with Gasteiger partial charge >= 0.3 is 0 Å². The van der Waals surface area contributed by atoms with Crippen LogP contribution in [0.3, 0.4) is 0 Å². The minimum atomic E-state index is -0.212. The summed E-state index contributed by atoms with van der Waals surface area (Å²) in [5.41, 5.74) is 1.44. The molecule has 0 spiro atoms.